The molecule has 4 rings (SSSR count). The molecule has 2 aromatic heterocycles. The van der Waals surface area contributed by atoms with Gasteiger partial charge in [0.05, 0.1) is 6.21 Å². The Kier molecular flexibility index (Phi) is 4.73. The van der Waals surface area contributed by atoms with Gasteiger partial charge < -0.3 is 4.57 Å². The molecule has 136 valence electrons. The molecule has 0 aliphatic heterocycles. The van der Waals surface area contributed by atoms with Crippen LogP contribution in [0.5, 0.6) is 0 Å². The minimum absolute atomic E-state index is 0.506. The minimum Gasteiger partial charge on any atom is -0.342 e. The Balaban J connectivity index is 1.75. The average Bonchev–Trinajstić information content (AvgIpc) is 3.20. The Bertz CT molecular complexity index is 1180. The highest BCUT2D eigenvalue weighted by Gasteiger charge is 2.08. The van der Waals surface area contributed by atoms with Crippen molar-refractivity contribution in [1.29, 1.82) is 0 Å². The maximum absolute atomic E-state index is 5.28. The third-order valence-electron chi connectivity index (χ3n) is 4.60. The van der Waals surface area contributed by atoms with Gasteiger partial charge in [0, 0.05) is 35.6 Å². The van der Waals surface area contributed by atoms with Gasteiger partial charge in [-0.2, -0.15) is 14.9 Å². The standard InChI is InChI=1S/C21H21N5S/c1-3-20-23-24-21(27)26(20)22-12-17-14-25(19-10-5-4-9-18(17)19)13-16-8-6-7-15(2)11-16/h4-12,14H,3,13H2,1-2H3,(H,24,27)/b22-12-. The molecule has 0 aliphatic rings. The molecule has 2 aromatic carbocycles. The summed E-state index contributed by atoms with van der Waals surface area (Å²) in [6.45, 7) is 4.97. The van der Waals surface area contributed by atoms with Crippen molar-refractivity contribution in [2.24, 2.45) is 5.10 Å². The van der Waals surface area contributed by atoms with Gasteiger partial charge in [-0.05, 0) is 30.8 Å². The summed E-state index contributed by atoms with van der Waals surface area (Å²) in [5, 5.41) is 12.7. The number of aromatic amines is 1. The van der Waals surface area contributed by atoms with Crippen molar-refractivity contribution in [3.8, 4) is 0 Å². The monoisotopic (exact) mass is 375 g/mol. The van der Waals surface area contributed by atoms with Crippen molar-refractivity contribution in [1.82, 2.24) is 19.4 Å². The summed E-state index contributed by atoms with van der Waals surface area (Å²) in [7, 11) is 0. The van der Waals surface area contributed by atoms with Crippen molar-refractivity contribution in [3.63, 3.8) is 0 Å². The number of nitrogens with zero attached hydrogens (tertiary/aromatic N) is 4. The van der Waals surface area contributed by atoms with Crippen LogP contribution in [0.3, 0.4) is 0 Å². The summed E-state index contributed by atoms with van der Waals surface area (Å²) in [6.07, 6.45) is 4.77. The number of hydrogen-bond donors (Lipinski definition) is 1. The Morgan fingerprint density at radius 1 is 1.19 bits per heavy atom. The smallest absolute Gasteiger partial charge is 0.216 e. The van der Waals surface area contributed by atoms with Crippen molar-refractivity contribution in [2.75, 3.05) is 0 Å². The second kappa shape index (κ2) is 7.32. The lowest BCUT2D eigenvalue weighted by molar-refractivity contribution is 0.780. The predicted molar refractivity (Wildman–Crippen MR) is 112 cm³/mol. The molecule has 0 spiro atoms. The molecule has 27 heavy (non-hydrogen) atoms. The average molecular weight is 376 g/mol. The predicted octanol–water partition coefficient (Wildman–Crippen LogP) is 4.70. The van der Waals surface area contributed by atoms with Crippen LogP contribution in [0.1, 0.15) is 29.4 Å². The molecule has 0 bridgehead atoms. The zero-order chi connectivity index (χ0) is 18.8. The number of benzene rings is 2. The first-order chi connectivity index (χ1) is 13.2. The molecular formula is C21H21N5S. The highest BCUT2D eigenvalue weighted by atomic mass is 32.1. The minimum atomic E-state index is 0.506. The number of hydrogen-bond acceptors (Lipinski definition) is 3. The van der Waals surface area contributed by atoms with E-state index in [1.54, 1.807) is 4.68 Å². The van der Waals surface area contributed by atoms with Crippen LogP contribution >= 0.6 is 12.2 Å². The maximum Gasteiger partial charge on any atom is 0.216 e. The van der Waals surface area contributed by atoms with E-state index in [1.807, 2.05) is 13.1 Å². The molecule has 0 unspecified atom stereocenters. The summed E-state index contributed by atoms with van der Waals surface area (Å²) >= 11 is 5.28. The molecule has 0 saturated heterocycles. The molecule has 5 nitrogen and oxygen atoms in total. The van der Waals surface area contributed by atoms with Gasteiger partial charge in [-0.15, -0.1) is 0 Å². The molecule has 6 heteroatoms. The van der Waals surface area contributed by atoms with E-state index in [0.29, 0.717) is 4.77 Å². The summed E-state index contributed by atoms with van der Waals surface area (Å²) in [5.74, 6) is 0.819. The summed E-state index contributed by atoms with van der Waals surface area (Å²) < 4.78 is 4.45. The Labute approximate surface area is 163 Å². The quantitative estimate of drug-likeness (QED) is 0.406. The van der Waals surface area contributed by atoms with Gasteiger partial charge >= 0.3 is 0 Å². The summed E-state index contributed by atoms with van der Waals surface area (Å²) in [5.41, 5.74) is 4.80. The van der Waals surface area contributed by atoms with Crippen molar-refractivity contribution < 1.29 is 0 Å². The van der Waals surface area contributed by atoms with Gasteiger partial charge in [0.25, 0.3) is 0 Å². The fourth-order valence-electron chi connectivity index (χ4n) is 3.31. The number of aryl methyl sites for hydroxylation is 2. The van der Waals surface area contributed by atoms with E-state index in [9.17, 15) is 0 Å². The zero-order valence-electron chi connectivity index (χ0n) is 15.4. The van der Waals surface area contributed by atoms with Crippen LogP contribution < -0.4 is 0 Å². The van der Waals surface area contributed by atoms with Crippen LogP contribution in [0.2, 0.25) is 0 Å². The molecule has 0 saturated carbocycles. The van der Waals surface area contributed by atoms with Crippen molar-refractivity contribution in [3.05, 3.63) is 82.0 Å². The lowest BCUT2D eigenvalue weighted by Gasteiger charge is -2.06. The van der Waals surface area contributed by atoms with E-state index in [-0.39, 0.29) is 0 Å². The fourth-order valence-corrected chi connectivity index (χ4v) is 3.51. The third kappa shape index (κ3) is 3.48. The number of aromatic nitrogens is 4. The molecule has 0 aliphatic carbocycles. The molecule has 4 aromatic rings. The first kappa shape index (κ1) is 17.4. The number of para-hydroxylation sites is 1. The van der Waals surface area contributed by atoms with Crippen LogP contribution in [-0.4, -0.2) is 25.7 Å². The summed E-state index contributed by atoms with van der Waals surface area (Å²) in [6, 6.07) is 17.0. The SMILES string of the molecule is CCc1n[nH]c(=S)n1/N=C\c1cn(Cc2cccc(C)c2)c2ccccc12. The van der Waals surface area contributed by atoms with Crippen LogP contribution in [0.15, 0.2) is 59.8 Å². The number of rotatable bonds is 5. The summed E-state index contributed by atoms with van der Waals surface area (Å²) in [4.78, 5) is 0. The van der Waals surface area contributed by atoms with Crippen LogP contribution in [0.4, 0.5) is 0 Å². The second-order valence-corrected chi connectivity index (χ2v) is 6.96. The van der Waals surface area contributed by atoms with Crippen molar-refractivity contribution in [2.45, 2.75) is 26.8 Å². The molecular weight excluding hydrogens is 354 g/mol. The van der Waals surface area contributed by atoms with Gasteiger partial charge in [-0.3, -0.25) is 5.10 Å². The van der Waals surface area contributed by atoms with Gasteiger partial charge in [-0.1, -0.05) is 55.0 Å². The van der Waals surface area contributed by atoms with E-state index in [1.165, 1.54) is 22.0 Å². The van der Waals surface area contributed by atoms with E-state index >= 15 is 0 Å². The number of nitrogens with one attached hydrogen (secondary N) is 1. The van der Waals surface area contributed by atoms with Crippen LogP contribution in [-0.2, 0) is 13.0 Å². The fraction of sp³-hybridized carbons (Fsp3) is 0.190. The van der Waals surface area contributed by atoms with E-state index in [2.05, 4.69) is 81.5 Å². The van der Waals surface area contributed by atoms with Gasteiger partial charge in [0.15, 0.2) is 5.82 Å². The Morgan fingerprint density at radius 3 is 2.85 bits per heavy atom. The lowest BCUT2D eigenvalue weighted by Crippen LogP contribution is -1.98. The zero-order valence-corrected chi connectivity index (χ0v) is 16.2. The van der Waals surface area contributed by atoms with E-state index in [4.69, 9.17) is 12.2 Å². The lowest BCUT2D eigenvalue weighted by atomic mass is 10.1. The van der Waals surface area contributed by atoms with Crippen molar-refractivity contribution >= 4 is 29.3 Å². The van der Waals surface area contributed by atoms with Gasteiger partial charge in [0.1, 0.15) is 0 Å². The van der Waals surface area contributed by atoms with Gasteiger partial charge in [0.2, 0.25) is 4.77 Å². The van der Waals surface area contributed by atoms with Crippen LogP contribution in [0.25, 0.3) is 10.9 Å². The number of H-pyrrole nitrogens is 1. The molecule has 0 atom stereocenters. The maximum atomic E-state index is 5.28. The first-order valence-electron chi connectivity index (χ1n) is 9.00. The molecule has 2 heterocycles. The topological polar surface area (TPSA) is 50.9 Å². The Hall–Kier alpha value is -2.99. The number of fused-ring (bicyclic) bond motifs is 1. The second-order valence-electron chi connectivity index (χ2n) is 6.57. The Morgan fingerprint density at radius 2 is 2.04 bits per heavy atom. The molecule has 0 radical (unpaired) electrons. The third-order valence-corrected chi connectivity index (χ3v) is 4.87. The first-order valence-corrected chi connectivity index (χ1v) is 9.40. The van der Waals surface area contributed by atoms with Crippen LogP contribution in [0, 0.1) is 11.7 Å². The van der Waals surface area contributed by atoms with E-state index in [0.717, 1.165) is 24.4 Å². The molecule has 0 fully saturated rings. The van der Waals surface area contributed by atoms with Gasteiger partial charge in [-0.25, -0.2) is 0 Å². The highest BCUT2D eigenvalue weighted by Crippen LogP contribution is 2.21. The molecule has 0 amide bonds. The normalized spacial score (nSPS) is 11.6. The molecule has 1 N–H and O–H groups in total. The van der Waals surface area contributed by atoms with E-state index < -0.39 is 0 Å². The largest absolute Gasteiger partial charge is 0.342 e. The highest BCUT2D eigenvalue weighted by molar-refractivity contribution is 7.71.